The Morgan fingerprint density at radius 1 is 1.09 bits per heavy atom. The zero-order chi connectivity index (χ0) is 22.1. The lowest BCUT2D eigenvalue weighted by Gasteiger charge is -2.38. The number of hydrogen-bond acceptors (Lipinski definition) is 4. The normalized spacial score (nSPS) is 26.8. The molecule has 3 saturated carbocycles. The second-order valence-corrected chi connectivity index (χ2v) is 10.4. The van der Waals surface area contributed by atoms with Crippen molar-refractivity contribution < 1.29 is 13.6 Å². The molecule has 6 rings (SSSR count). The summed E-state index contributed by atoms with van der Waals surface area (Å²) in [7, 11) is 0. The number of aromatic nitrogens is 3. The van der Waals surface area contributed by atoms with Crippen LogP contribution in [0.5, 0.6) is 0 Å². The van der Waals surface area contributed by atoms with Crippen LogP contribution >= 0.6 is 0 Å². The fourth-order valence-corrected chi connectivity index (χ4v) is 5.60. The summed E-state index contributed by atoms with van der Waals surface area (Å²) >= 11 is 0. The molecule has 0 unspecified atom stereocenters. The van der Waals surface area contributed by atoms with Gasteiger partial charge in [0, 0.05) is 24.9 Å². The first-order valence-electron chi connectivity index (χ1n) is 11.9. The Morgan fingerprint density at radius 3 is 2.50 bits per heavy atom. The van der Waals surface area contributed by atoms with Crippen molar-refractivity contribution in [3.8, 4) is 0 Å². The third kappa shape index (κ3) is 3.64. The molecule has 1 aliphatic heterocycles. The zero-order valence-corrected chi connectivity index (χ0v) is 18.1. The summed E-state index contributed by atoms with van der Waals surface area (Å²) in [5, 5.41) is 7.79. The molecule has 4 aliphatic rings. The van der Waals surface area contributed by atoms with E-state index >= 15 is 0 Å². The highest BCUT2D eigenvalue weighted by molar-refractivity contribution is 5.77. The summed E-state index contributed by atoms with van der Waals surface area (Å²) < 4.78 is 28.8. The van der Waals surface area contributed by atoms with Crippen LogP contribution in [0.2, 0.25) is 0 Å². The van der Waals surface area contributed by atoms with Crippen molar-refractivity contribution >= 4 is 11.7 Å². The molecule has 0 bridgehead atoms. The van der Waals surface area contributed by atoms with Gasteiger partial charge in [-0.2, -0.15) is 5.10 Å². The number of carbonyl (C=O) groups excluding carboxylic acids is 1. The molecular weight excluding hydrogens is 414 g/mol. The Balaban J connectivity index is 1.24. The minimum absolute atomic E-state index is 0.00464. The molecule has 32 heavy (non-hydrogen) atoms. The van der Waals surface area contributed by atoms with Gasteiger partial charge in [-0.1, -0.05) is 0 Å². The van der Waals surface area contributed by atoms with E-state index in [0.29, 0.717) is 30.1 Å². The van der Waals surface area contributed by atoms with Gasteiger partial charge in [0.15, 0.2) is 5.65 Å². The number of alkyl halides is 2. The molecule has 172 valence electrons. The van der Waals surface area contributed by atoms with E-state index in [2.05, 4.69) is 10.4 Å². The van der Waals surface area contributed by atoms with Crippen molar-refractivity contribution in [2.75, 3.05) is 6.54 Å². The lowest BCUT2D eigenvalue weighted by atomic mass is 9.81. The van der Waals surface area contributed by atoms with Crippen LogP contribution in [-0.2, 0) is 0 Å². The van der Waals surface area contributed by atoms with E-state index in [9.17, 15) is 13.6 Å². The van der Waals surface area contributed by atoms with Gasteiger partial charge in [-0.15, -0.1) is 0 Å². The van der Waals surface area contributed by atoms with Crippen molar-refractivity contribution in [3.63, 3.8) is 0 Å². The molecule has 1 saturated heterocycles. The molecule has 0 aromatic carbocycles. The van der Waals surface area contributed by atoms with Crippen molar-refractivity contribution in [2.45, 2.75) is 81.3 Å². The molecule has 3 N–H and O–H groups in total. The van der Waals surface area contributed by atoms with Crippen LogP contribution in [-0.4, -0.2) is 43.5 Å². The van der Waals surface area contributed by atoms with E-state index in [1.165, 1.54) is 0 Å². The number of nitrogens with one attached hydrogen (secondary N) is 1. The van der Waals surface area contributed by atoms with Crippen molar-refractivity contribution in [1.82, 2.24) is 24.8 Å². The summed E-state index contributed by atoms with van der Waals surface area (Å²) in [6.07, 6.45) is 9.66. The van der Waals surface area contributed by atoms with E-state index in [1.807, 2.05) is 23.4 Å². The summed E-state index contributed by atoms with van der Waals surface area (Å²) in [4.78, 5) is 19.6. The Kier molecular flexibility index (Phi) is 4.51. The molecule has 9 heteroatoms. The molecule has 2 aromatic rings. The maximum Gasteiger partial charge on any atom is 0.318 e. The van der Waals surface area contributed by atoms with Crippen molar-refractivity contribution in [2.24, 2.45) is 17.6 Å². The number of fused-ring (bicyclic) bond motifs is 1. The second kappa shape index (κ2) is 7.10. The highest BCUT2D eigenvalue weighted by atomic mass is 19.3. The van der Waals surface area contributed by atoms with Gasteiger partial charge in [0.2, 0.25) is 5.92 Å². The van der Waals surface area contributed by atoms with Crippen LogP contribution in [0, 0.1) is 11.8 Å². The van der Waals surface area contributed by atoms with Gasteiger partial charge in [0.25, 0.3) is 0 Å². The quantitative estimate of drug-likeness (QED) is 0.731. The van der Waals surface area contributed by atoms with Crippen molar-refractivity contribution in [1.29, 1.82) is 0 Å². The number of nitrogens with zero attached hydrogens (tertiary/aromatic N) is 4. The van der Waals surface area contributed by atoms with Gasteiger partial charge < -0.3 is 16.0 Å². The van der Waals surface area contributed by atoms with E-state index in [-0.39, 0.29) is 42.4 Å². The average molecular weight is 445 g/mol. The molecule has 2 atom stereocenters. The zero-order valence-electron chi connectivity index (χ0n) is 18.1. The molecule has 3 aliphatic carbocycles. The molecule has 7 nitrogen and oxygen atoms in total. The van der Waals surface area contributed by atoms with Gasteiger partial charge in [0.05, 0.1) is 30.2 Å². The number of carbonyl (C=O) groups is 1. The Labute approximate surface area is 185 Å². The van der Waals surface area contributed by atoms with Gasteiger partial charge in [-0.05, 0) is 68.4 Å². The fourth-order valence-electron chi connectivity index (χ4n) is 5.60. The van der Waals surface area contributed by atoms with Crippen LogP contribution in [0.3, 0.4) is 0 Å². The van der Waals surface area contributed by atoms with Crippen LogP contribution in [0.25, 0.3) is 5.65 Å². The fraction of sp³-hybridized carbons (Fsp3) is 0.696. The molecule has 4 fully saturated rings. The van der Waals surface area contributed by atoms with E-state index in [0.717, 1.165) is 44.2 Å². The molecule has 3 heterocycles. The van der Waals surface area contributed by atoms with Gasteiger partial charge in [-0.25, -0.2) is 23.1 Å². The minimum Gasteiger partial charge on any atom is -0.332 e. The molecule has 2 amide bonds. The number of imidazole rings is 1. The third-order valence-electron chi connectivity index (χ3n) is 8.03. The standard InChI is InChI=1S/C23H30F2N6O/c24-23(25)5-3-14(4-6-23)19(26)17-13-31-18(28-17)11-16(12-27-31)20(15-1-2-15)30-10-9-22(7-8-22)29-21(30)32/h11-15,19-20H,1-10,26H2,(H,29,32)/t19-,20+/m0/s1. The number of rotatable bonds is 5. The predicted molar refractivity (Wildman–Crippen MR) is 114 cm³/mol. The third-order valence-corrected chi connectivity index (χ3v) is 8.03. The van der Waals surface area contributed by atoms with Crippen molar-refractivity contribution in [3.05, 3.63) is 29.7 Å². The first-order chi connectivity index (χ1) is 15.3. The predicted octanol–water partition coefficient (Wildman–Crippen LogP) is 3.95. The SMILES string of the molecule is N[C@H](c1cn2ncc([C@@H](C3CC3)N3CCC4(CC4)NC3=O)cc2n1)C1CCC(F)(F)CC1. The number of nitrogens with two attached hydrogens (primary N) is 1. The summed E-state index contributed by atoms with van der Waals surface area (Å²) in [6, 6.07) is 1.68. The summed E-state index contributed by atoms with van der Waals surface area (Å²) in [5.74, 6) is -2.10. The molecule has 0 radical (unpaired) electrons. The number of amides is 2. The topological polar surface area (TPSA) is 88.5 Å². The first-order valence-corrected chi connectivity index (χ1v) is 11.9. The number of halogens is 2. The van der Waals surface area contributed by atoms with Crippen LogP contribution in [0.1, 0.15) is 81.1 Å². The van der Waals surface area contributed by atoms with Gasteiger partial charge in [0.1, 0.15) is 0 Å². The summed E-state index contributed by atoms with van der Waals surface area (Å²) in [6.45, 7) is 0.773. The van der Waals surface area contributed by atoms with Gasteiger partial charge in [-0.3, -0.25) is 0 Å². The van der Waals surface area contributed by atoms with Crippen LogP contribution < -0.4 is 11.1 Å². The molecule has 2 aromatic heterocycles. The van der Waals surface area contributed by atoms with Crippen LogP contribution in [0.4, 0.5) is 13.6 Å². The summed E-state index contributed by atoms with van der Waals surface area (Å²) in [5.41, 5.74) is 8.88. The maximum absolute atomic E-state index is 13.5. The smallest absolute Gasteiger partial charge is 0.318 e. The Hall–Kier alpha value is -2.29. The Morgan fingerprint density at radius 2 is 1.84 bits per heavy atom. The lowest BCUT2D eigenvalue weighted by Crippen LogP contribution is -2.54. The highest BCUT2D eigenvalue weighted by Gasteiger charge is 2.50. The van der Waals surface area contributed by atoms with E-state index < -0.39 is 5.92 Å². The van der Waals surface area contributed by atoms with Crippen LogP contribution in [0.15, 0.2) is 18.5 Å². The average Bonchev–Trinajstić information content (AvgIpc) is 3.68. The highest BCUT2D eigenvalue weighted by Crippen LogP contribution is 2.48. The van der Waals surface area contributed by atoms with Gasteiger partial charge >= 0.3 is 6.03 Å². The molecular formula is C23H30F2N6O. The molecule has 1 spiro atoms. The minimum atomic E-state index is -2.57. The number of hydrogen-bond donors (Lipinski definition) is 2. The second-order valence-electron chi connectivity index (χ2n) is 10.4. The number of urea groups is 1. The monoisotopic (exact) mass is 444 g/mol. The Bertz CT molecular complexity index is 1040. The largest absolute Gasteiger partial charge is 0.332 e. The maximum atomic E-state index is 13.5. The van der Waals surface area contributed by atoms with E-state index in [1.54, 1.807) is 4.52 Å². The van der Waals surface area contributed by atoms with E-state index in [4.69, 9.17) is 10.7 Å². The lowest BCUT2D eigenvalue weighted by molar-refractivity contribution is -0.0484. The first kappa shape index (κ1) is 20.3.